The molecule has 0 aliphatic carbocycles. The molecule has 0 atom stereocenters. The van der Waals surface area contributed by atoms with Crippen LogP contribution in [0.15, 0.2) is 42.5 Å². The average Bonchev–Trinajstić information content (AvgIpc) is 3.04. The third-order valence-electron chi connectivity index (χ3n) is 4.84. The van der Waals surface area contributed by atoms with Crippen LogP contribution in [0.3, 0.4) is 0 Å². The van der Waals surface area contributed by atoms with Crippen LogP contribution in [0, 0.1) is 5.92 Å². The minimum Gasteiger partial charge on any atom is -0.331 e. The monoisotopic (exact) mass is 431 g/mol. The first kappa shape index (κ1) is 21.7. The molecule has 2 aromatic carbocycles. The van der Waals surface area contributed by atoms with Crippen molar-refractivity contribution in [2.45, 2.75) is 46.7 Å². The molecular weight excluding hydrogens is 405 g/mol. The van der Waals surface area contributed by atoms with Gasteiger partial charge < -0.3 is 9.47 Å². The lowest BCUT2D eigenvalue weighted by molar-refractivity contribution is 0.0716. The number of nitrogens with zero attached hydrogens (tertiary/aromatic N) is 3. The highest BCUT2D eigenvalue weighted by Crippen LogP contribution is 2.24. The molecule has 0 saturated heterocycles. The van der Waals surface area contributed by atoms with Gasteiger partial charge in [-0.05, 0) is 42.7 Å². The number of fused-ring (bicyclic) bond motifs is 1. The van der Waals surface area contributed by atoms with Gasteiger partial charge in [0.05, 0.1) is 27.6 Å². The Kier molecular flexibility index (Phi) is 7.20. The average molecular weight is 432 g/mol. The molecule has 0 spiro atoms. The van der Waals surface area contributed by atoms with E-state index in [9.17, 15) is 4.79 Å². The Morgan fingerprint density at radius 1 is 1.14 bits per heavy atom. The number of halogens is 2. The van der Waals surface area contributed by atoms with Gasteiger partial charge in [0.15, 0.2) is 0 Å². The topological polar surface area (TPSA) is 38.1 Å². The minimum atomic E-state index is -0.0636. The molecule has 1 aromatic heterocycles. The summed E-state index contributed by atoms with van der Waals surface area (Å²) >= 11 is 12.2. The Morgan fingerprint density at radius 3 is 2.59 bits per heavy atom. The first-order valence-corrected chi connectivity index (χ1v) is 10.8. The maximum Gasteiger partial charge on any atom is 0.254 e. The highest BCUT2D eigenvalue weighted by atomic mass is 35.5. The van der Waals surface area contributed by atoms with Crippen LogP contribution in [-0.4, -0.2) is 26.9 Å². The number of imidazole rings is 1. The highest BCUT2D eigenvalue weighted by Gasteiger charge is 2.21. The van der Waals surface area contributed by atoms with E-state index in [1.807, 2.05) is 23.1 Å². The maximum atomic E-state index is 13.3. The van der Waals surface area contributed by atoms with Crippen molar-refractivity contribution in [1.29, 1.82) is 0 Å². The van der Waals surface area contributed by atoms with Crippen LogP contribution in [0.5, 0.6) is 0 Å². The molecule has 3 aromatic rings. The van der Waals surface area contributed by atoms with Crippen molar-refractivity contribution in [2.24, 2.45) is 5.92 Å². The Bertz CT molecular complexity index is 997. The standard InChI is InChI=1S/C23H27Cl2N3O/c1-4-5-12-28-21-9-7-6-8-20(21)26-22(28)15-27(14-16(2)3)23(29)17-10-11-18(24)19(25)13-17/h6-11,13,16H,4-5,12,14-15H2,1-3H3. The number of carbonyl (C=O) groups is 1. The molecule has 154 valence electrons. The SMILES string of the molecule is CCCCn1c(CN(CC(C)C)C(=O)c2ccc(Cl)c(Cl)c2)nc2ccccc21. The molecule has 6 heteroatoms. The van der Waals surface area contributed by atoms with Crippen LogP contribution in [-0.2, 0) is 13.1 Å². The van der Waals surface area contributed by atoms with Crippen molar-refractivity contribution in [1.82, 2.24) is 14.5 Å². The van der Waals surface area contributed by atoms with Gasteiger partial charge in [-0.3, -0.25) is 4.79 Å². The second-order valence-electron chi connectivity index (χ2n) is 7.73. The van der Waals surface area contributed by atoms with Crippen molar-refractivity contribution < 1.29 is 4.79 Å². The molecule has 0 aliphatic rings. The van der Waals surface area contributed by atoms with E-state index in [-0.39, 0.29) is 5.91 Å². The summed E-state index contributed by atoms with van der Waals surface area (Å²) < 4.78 is 2.24. The van der Waals surface area contributed by atoms with Gasteiger partial charge in [0.25, 0.3) is 5.91 Å². The van der Waals surface area contributed by atoms with E-state index in [1.165, 1.54) is 0 Å². The first-order valence-electron chi connectivity index (χ1n) is 10.1. The summed E-state index contributed by atoms with van der Waals surface area (Å²) in [5.41, 5.74) is 2.61. The van der Waals surface area contributed by atoms with Gasteiger partial charge in [-0.25, -0.2) is 4.98 Å². The van der Waals surface area contributed by atoms with E-state index in [4.69, 9.17) is 28.2 Å². The van der Waals surface area contributed by atoms with Crippen LogP contribution >= 0.6 is 23.2 Å². The third-order valence-corrected chi connectivity index (χ3v) is 5.58. The summed E-state index contributed by atoms with van der Waals surface area (Å²) in [6.07, 6.45) is 2.17. The number of amides is 1. The van der Waals surface area contributed by atoms with Gasteiger partial charge in [0.2, 0.25) is 0 Å². The molecule has 0 radical (unpaired) electrons. The fourth-order valence-corrected chi connectivity index (χ4v) is 3.75. The molecule has 0 saturated carbocycles. The fourth-order valence-electron chi connectivity index (χ4n) is 3.45. The number of para-hydroxylation sites is 2. The van der Waals surface area contributed by atoms with Gasteiger partial charge in [0, 0.05) is 18.7 Å². The predicted molar refractivity (Wildman–Crippen MR) is 121 cm³/mol. The van der Waals surface area contributed by atoms with Crippen LogP contribution in [0.1, 0.15) is 49.8 Å². The summed E-state index contributed by atoms with van der Waals surface area (Å²) in [6.45, 7) is 8.37. The van der Waals surface area contributed by atoms with Gasteiger partial charge in [-0.15, -0.1) is 0 Å². The van der Waals surface area contributed by atoms with E-state index < -0.39 is 0 Å². The van der Waals surface area contributed by atoms with E-state index in [0.717, 1.165) is 36.2 Å². The molecule has 0 fully saturated rings. The summed E-state index contributed by atoms with van der Waals surface area (Å²) in [5.74, 6) is 1.18. The number of aromatic nitrogens is 2. The van der Waals surface area contributed by atoms with Gasteiger partial charge in [-0.1, -0.05) is 62.5 Å². The van der Waals surface area contributed by atoms with E-state index in [0.29, 0.717) is 34.6 Å². The van der Waals surface area contributed by atoms with Crippen LogP contribution < -0.4 is 0 Å². The molecular formula is C23H27Cl2N3O. The summed E-state index contributed by atoms with van der Waals surface area (Å²) in [7, 11) is 0. The molecule has 1 heterocycles. The Hall–Kier alpha value is -2.04. The van der Waals surface area contributed by atoms with Crippen molar-refractivity contribution in [3.63, 3.8) is 0 Å². The molecule has 3 rings (SSSR count). The minimum absolute atomic E-state index is 0.0636. The predicted octanol–water partition coefficient (Wildman–Crippen LogP) is 6.44. The molecule has 0 aliphatic heterocycles. The lowest BCUT2D eigenvalue weighted by Crippen LogP contribution is -2.34. The Labute approximate surface area is 182 Å². The van der Waals surface area contributed by atoms with Crippen LogP contribution in [0.4, 0.5) is 0 Å². The van der Waals surface area contributed by atoms with E-state index >= 15 is 0 Å². The number of hydrogen-bond acceptors (Lipinski definition) is 2. The van der Waals surface area contributed by atoms with E-state index in [1.54, 1.807) is 18.2 Å². The number of unbranched alkanes of at least 4 members (excludes halogenated alkanes) is 1. The van der Waals surface area contributed by atoms with Gasteiger partial charge in [0.1, 0.15) is 5.82 Å². The van der Waals surface area contributed by atoms with E-state index in [2.05, 4.69) is 31.4 Å². The molecule has 29 heavy (non-hydrogen) atoms. The van der Waals surface area contributed by atoms with Crippen molar-refractivity contribution >= 4 is 40.1 Å². The molecule has 0 unspecified atom stereocenters. The number of benzene rings is 2. The zero-order chi connectivity index (χ0) is 21.0. The van der Waals surface area contributed by atoms with Crippen LogP contribution in [0.2, 0.25) is 10.0 Å². The summed E-state index contributed by atoms with van der Waals surface area (Å²) in [5, 5.41) is 0.831. The maximum absolute atomic E-state index is 13.3. The van der Waals surface area contributed by atoms with Gasteiger partial charge in [-0.2, -0.15) is 0 Å². The summed E-state index contributed by atoms with van der Waals surface area (Å²) in [6, 6.07) is 13.2. The second kappa shape index (κ2) is 9.64. The lowest BCUT2D eigenvalue weighted by Gasteiger charge is -2.25. The second-order valence-corrected chi connectivity index (χ2v) is 8.54. The Morgan fingerprint density at radius 2 is 1.90 bits per heavy atom. The largest absolute Gasteiger partial charge is 0.331 e. The summed E-state index contributed by atoms with van der Waals surface area (Å²) in [4.78, 5) is 20.0. The van der Waals surface area contributed by atoms with Gasteiger partial charge >= 0.3 is 0 Å². The molecule has 0 bridgehead atoms. The number of aryl methyl sites for hydroxylation is 1. The fraction of sp³-hybridized carbons (Fsp3) is 0.391. The molecule has 1 amide bonds. The number of rotatable bonds is 8. The zero-order valence-corrected chi connectivity index (χ0v) is 18.7. The van der Waals surface area contributed by atoms with Crippen molar-refractivity contribution in [3.05, 3.63) is 63.9 Å². The van der Waals surface area contributed by atoms with Crippen molar-refractivity contribution in [2.75, 3.05) is 6.54 Å². The number of hydrogen-bond donors (Lipinski definition) is 0. The molecule has 0 N–H and O–H groups in total. The van der Waals surface area contributed by atoms with Crippen LogP contribution in [0.25, 0.3) is 11.0 Å². The third kappa shape index (κ3) is 5.12. The number of carbonyl (C=O) groups excluding carboxylic acids is 1. The smallest absolute Gasteiger partial charge is 0.254 e. The normalized spacial score (nSPS) is 11.4. The molecule has 4 nitrogen and oxygen atoms in total. The lowest BCUT2D eigenvalue weighted by atomic mass is 10.1. The zero-order valence-electron chi connectivity index (χ0n) is 17.2. The Balaban J connectivity index is 1.96. The highest BCUT2D eigenvalue weighted by molar-refractivity contribution is 6.42. The van der Waals surface area contributed by atoms with Crippen molar-refractivity contribution in [3.8, 4) is 0 Å². The first-order chi connectivity index (χ1) is 13.9. The quantitative estimate of drug-likeness (QED) is 0.411.